The predicted octanol–water partition coefficient (Wildman–Crippen LogP) is 1.77. The Labute approximate surface area is 96.0 Å². The summed E-state index contributed by atoms with van der Waals surface area (Å²) >= 11 is 0. The molecular formula is C12H18N2O2. The minimum Gasteiger partial charge on any atom is -0.496 e. The molecule has 0 heterocycles. The maximum atomic E-state index is 10.9. The van der Waals surface area contributed by atoms with Crippen LogP contribution in [0.3, 0.4) is 0 Å². The van der Waals surface area contributed by atoms with Gasteiger partial charge in [-0.1, -0.05) is 19.1 Å². The predicted molar refractivity (Wildman–Crippen MR) is 63.4 cm³/mol. The zero-order valence-corrected chi connectivity index (χ0v) is 9.99. The quantitative estimate of drug-likeness (QED) is 0.844. The van der Waals surface area contributed by atoms with Gasteiger partial charge in [-0.15, -0.1) is 0 Å². The van der Waals surface area contributed by atoms with Crippen LogP contribution in [0.4, 0.5) is 4.79 Å². The topological polar surface area (TPSA) is 55.6 Å². The molecule has 0 saturated carbocycles. The number of nitrogens with two attached hydrogens (primary N) is 1. The number of nitrogens with zero attached hydrogens (tertiary/aromatic N) is 1. The van der Waals surface area contributed by atoms with E-state index in [1.807, 2.05) is 18.2 Å². The summed E-state index contributed by atoms with van der Waals surface area (Å²) in [4.78, 5) is 12.4. The highest BCUT2D eigenvalue weighted by atomic mass is 16.5. The molecule has 0 fully saturated rings. The van der Waals surface area contributed by atoms with Crippen LogP contribution in [0.25, 0.3) is 0 Å². The Morgan fingerprint density at radius 3 is 2.69 bits per heavy atom. The van der Waals surface area contributed by atoms with Crippen molar-refractivity contribution in [1.82, 2.24) is 4.90 Å². The summed E-state index contributed by atoms with van der Waals surface area (Å²) in [6.07, 6.45) is 0.900. The van der Waals surface area contributed by atoms with Gasteiger partial charge in [-0.05, 0) is 23.6 Å². The monoisotopic (exact) mass is 222 g/mol. The Kier molecular flexibility index (Phi) is 4.17. The van der Waals surface area contributed by atoms with Crippen molar-refractivity contribution in [3.8, 4) is 5.75 Å². The third-order valence-corrected chi connectivity index (χ3v) is 2.52. The molecule has 0 aliphatic heterocycles. The number of primary amides is 1. The molecule has 0 saturated heterocycles. The lowest BCUT2D eigenvalue weighted by atomic mass is 10.1. The van der Waals surface area contributed by atoms with Crippen LogP contribution in [0.2, 0.25) is 0 Å². The molecule has 0 radical (unpaired) electrons. The first-order valence-electron chi connectivity index (χ1n) is 5.24. The molecule has 0 unspecified atom stereocenters. The molecule has 88 valence electrons. The number of hydrogen-bond donors (Lipinski definition) is 1. The van der Waals surface area contributed by atoms with E-state index in [0.29, 0.717) is 6.54 Å². The maximum absolute atomic E-state index is 10.9. The smallest absolute Gasteiger partial charge is 0.314 e. The van der Waals surface area contributed by atoms with Gasteiger partial charge in [0.15, 0.2) is 0 Å². The zero-order chi connectivity index (χ0) is 12.1. The molecule has 0 aliphatic rings. The van der Waals surface area contributed by atoms with Crippen LogP contribution in [-0.2, 0) is 13.0 Å². The van der Waals surface area contributed by atoms with Gasteiger partial charge in [-0.2, -0.15) is 0 Å². The van der Waals surface area contributed by atoms with Crippen LogP contribution in [0.1, 0.15) is 18.1 Å². The number of rotatable bonds is 4. The van der Waals surface area contributed by atoms with Crippen molar-refractivity contribution >= 4 is 6.03 Å². The van der Waals surface area contributed by atoms with E-state index in [2.05, 4.69) is 6.92 Å². The number of hydrogen-bond acceptors (Lipinski definition) is 2. The second-order valence-corrected chi connectivity index (χ2v) is 3.69. The van der Waals surface area contributed by atoms with Crippen LogP contribution in [0, 0.1) is 0 Å². The van der Waals surface area contributed by atoms with Crippen molar-refractivity contribution in [1.29, 1.82) is 0 Å². The standard InChI is InChI=1S/C12H18N2O2/c1-4-10-7-9(5-6-11(10)16-3)8-14(2)12(13)15/h5-7H,4,8H2,1-3H3,(H2,13,15). The Morgan fingerprint density at radius 2 is 2.19 bits per heavy atom. The van der Waals surface area contributed by atoms with E-state index < -0.39 is 6.03 Å². The number of carbonyl (C=O) groups excluding carboxylic acids is 1. The summed E-state index contributed by atoms with van der Waals surface area (Å²) in [6.45, 7) is 2.59. The summed E-state index contributed by atoms with van der Waals surface area (Å²) in [6, 6.07) is 5.48. The van der Waals surface area contributed by atoms with Gasteiger partial charge in [0.2, 0.25) is 0 Å². The molecule has 2 N–H and O–H groups in total. The van der Waals surface area contributed by atoms with Crippen LogP contribution in [0.15, 0.2) is 18.2 Å². The number of amides is 2. The summed E-state index contributed by atoms with van der Waals surface area (Å²) < 4.78 is 5.24. The molecule has 16 heavy (non-hydrogen) atoms. The Morgan fingerprint density at radius 1 is 1.50 bits per heavy atom. The highest BCUT2D eigenvalue weighted by molar-refractivity contribution is 5.71. The van der Waals surface area contributed by atoms with Crippen LogP contribution < -0.4 is 10.5 Å². The molecule has 0 aromatic heterocycles. The van der Waals surface area contributed by atoms with Crippen molar-refractivity contribution in [2.45, 2.75) is 19.9 Å². The number of aryl methyl sites for hydroxylation is 1. The van der Waals surface area contributed by atoms with Crippen molar-refractivity contribution in [2.75, 3.05) is 14.2 Å². The summed E-state index contributed by atoms with van der Waals surface area (Å²) in [5, 5.41) is 0. The molecule has 1 aromatic rings. The molecule has 0 bridgehead atoms. The number of urea groups is 1. The first-order chi connectivity index (χ1) is 7.58. The molecular weight excluding hydrogens is 204 g/mol. The van der Waals surface area contributed by atoms with Gasteiger partial charge in [0, 0.05) is 13.6 Å². The van der Waals surface area contributed by atoms with E-state index in [0.717, 1.165) is 23.3 Å². The molecule has 1 aromatic carbocycles. The number of ether oxygens (including phenoxy) is 1. The molecule has 1 rings (SSSR count). The minimum absolute atomic E-state index is 0.422. The molecule has 0 spiro atoms. The van der Waals surface area contributed by atoms with Crippen LogP contribution >= 0.6 is 0 Å². The van der Waals surface area contributed by atoms with Gasteiger partial charge < -0.3 is 15.4 Å². The first-order valence-corrected chi connectivity index (χ1v) is 5.24. The summed E-state index contributed by atoms with van der Waals surface area (Å²) in [5.74, 6) is 0.882. The van der Waals surface area contributed by atoms with Crippen LogP contribution in [0.5, 0.6) is 5.75 Å². The van der Waals surface area contributed by atoms with Crippen LogP contribution in [-0.4, -0.2) is 25.1 Å². The van der Waals surface area contributed by atoms with Gasteiger partial charge in [0.1, 0.15) is 5.75 Å². The van der Waals surface area contributed by atoms with E-state index in [4.69, 9.17) is 10.5 Å². The summed E-state index contributed by atoms with van der Waals surface area (Å²) in [7, 11) is 3.34. The number of benzene rings is 1. The fourth-order valence-corrected chi connectivity index (χ4v) is 1.56. The van der Waals surface area contributed by atoms with E-state index in [9.17, 15) is 4.79 Å². The van der Waals surface area contributed by atoms with Crippen molar-refractivity contribution < 1.29 is 9.53 Å². The summed E-state index contributed by atoms with van der Waals surface area (Å²) in [5.41, 5.74) is 7.36. The first kappa shape index (κ1) is 12.4. The van der Waals surface area contributed by atoms with Gasteiger partial charge in [0.25, 0.3) is 0 Å². The second kappa shape index (κ2) is 5.39. The Balaban J connectivity index is 2.86. The van der Waals surface area contributed by atoms with Gasteiger partial charge in [-0.25, -0.2) is 4.79 Å². The zero-order valence-electron chi connectivity index (χ0n) is 9.99. The second-order valence-electron chi connectivity index (χ2n) is 3.69. The molecule has 4 nitrogen and oxygen atoms in total. The van der Waals surface area contributed by atoms with Gasteiger partial charge in [0.05, 0.1) is 7.11 Å². The number of carbonyl (C=O) groups is 1. The molecule has 0 atom stereocenters. The fraction of sp³-hybridized carbons (Fsp3) is 0.417. The van der Waals surface area contributed by atoms with Crippen molar-refractivity contribution in [2.24, 2.45) is 5.73 Å². The third kappa shape index (κ3) is 2.89. The van der Waals surface area contributed by atoms with Crippen molar-refractivity contribution in [3.05, 3.63) is 29.3 Å². The largest absolute Gasteiger partial charge is 0.496 e. The molecule has 2 amide bonds. The highest BCUT2D eigenvalue weighted by Crippen LogP contribution is 2.20. The van der Waals surface area contributed by atoms with Gasteiger partial charge in [-0.3, -0.25) is 0 Å². The lowest BCUT2D eigenvalue weighted by molar-refractivity contribution is 0.216. The highest BCUT2D eigenvalue weighted by Gasteiger charge is 2.07. The Bertz CT molecular complexity index is 377. The average molecular weight is 222 g/mol. The maximum Gasteiger partial charge on any atom is 0.314 e. The Hall–Kier alpha value is -1.71. The van der Waals surface area contributed by atoms with E-state index >= 15 is 0 Å². The van der Waals surface area contributed by atoms with Crippen molar-refractivity contribution in [3.63, 3.8) is 0 Å². The fourth-order valence-electron chi connectivity index (χ4n) is 1.56. The lowest BCUT2D eigenvalue weighted by Crippen LogP contribution is -2.31. The average Bonchev–Trinajstić information content (AvgIpc) is 2.28. The van der Waals surface area contributed by atoms with E-state index in [-0.39, 0.29) is 0 Å². The van der Waals surface area contributed by atoms with Gasteiger partial charge >= 0.3 is 6.03 Å². The minimum atomic E-state index is -0.422. The van der Waals surface area contributed by atoms with E-state index in [1.165, 1.54) is 4.90 Å². The third-order valence-electron chi connectivity index (χ3n) is 2.52. The van der Waals surface area contributed by atoms with E-state index in [1.54, 1.807) is 14.2 Å². The molecule has 4 heteroatoms. The lowest BCUT2D eigenvalue weighted by Gasteiger charge is -2.15. The SMILES string of the molecule is CCc1cc(CN(C)C(N)=O)ccc1OC. The number of methoxy groups -OCH3 is 1. The molecule has 0 aliphatic carbocycles. The normalized spacial score (nSPS) is 9.94.